The number of phenols is 1. The molecule has 4 rings (SSSR count). The molecule has 1 N–H and O–H groups in total. The maximum Gasteiger partial charge on any atom is 0.118 e. The molecule has 3 aromatic carbocycles. The first-order valence-electron chi connectivity index (χ1n) is 9.30. The second-order valence-electron chi connectivity index (χ2n) is 6.99. The van der Waals surface area contributed by atoms with Crippen molar-refractivity contribution in [1.82, 2.24) is 0 Å². The van der Waals surface area contributed by atoms with Crippen LogP contribution in [0.25, 0.3) is 0 Å². The van der Waals surface area contributed by atoms with Crippen molar-refractivity contribution >= 4 is 0 Å². The van der Waals surface area contributed by atoms with E-state index in [1.165, 1.54) is 47.1 Å². The van der Waals surface area contributed by atoms with Gasteiger partial charge in [0, 0.05) is 5.92 Å². The molecule has 0 saturated heterocycles. The summed E-state index contributed by atoms with van der Waals surface area (Å²) in [6.45, 7) is 0. The molecule has 3 aromatic rings. The van der Waals surface area contributed by atoms with Gasteiger partial charge in [0.1, 0.15) is 11.5 Å². The fraction of sp³-hybridized carbons (Fsp3) is 0.250. The molecule has 0 spiro atoms. The Morgan fingerprint density at radius 2 is 1.46 bits per heavy atom. The monoisotopic (exact) mass is 344 g/mol. The summed E-state index contributed by atoms with van der Waals surface area (Å²) in [7, 11) is 1.69. The summed E-state index contributed by atoms with van der Waals surface area (Å²) >= 11 is 0. The van der Waals surface area contributed by atoms with Crippen molar-refractivity contribution in [2.24, 2.45) is 0 Å². The number of rotatable bonds is 4. The topological polar surface area (TPSA) is 29.5 Å². The number of hydrogen-bond donors (Lipinski definition) is 1. The van der Waals surface area contributed by atoms with E-state index in [1.54, 1.807) is 19.2 Å². The highest BCUT2D eigenvalue weighted by molar-refractivity contribution is 5.50. The van der Waals surface area contributed by atoms with Crippen LogP contribution in [0.3, 0.4) is 0 Å². The average Bonchev–Trinajstić information content (AvgIpc) is 2.70. The van der Waals surface area contributed by atoms with E-state index in [4.69, 9.17) is 4.74 Å². The third kappa shape index (κ3) is 3.20. The van der Waals surface area contributed by atoms with Crippen LogP contribution in [0.1, 0.15) is 46.6 Å². The van der Waals surface area contributed by atoms with Crippen molar-refractivity contribution in [3.05, 3.63) is 94.5 Å². The van der Waals surface area contributed by atoms with Crippen LogP contribution in [0, 0.1) is 0 Å². The van der Waals surface area contributed by atoms with Gasteiger partial charge in [-0.1, -0.05) is 42.5 Å². The Balaban J connectivity index is 1.86. The van der Waals surface area contributed by atoms with Crippen LogP contribution < -0.4 is 4.74 Å². The van der Waals surface area contributed by atoms with Gasteiger partial charge in [-0.2, -0.15) is 0 Å². The molecule has 0 heterocycles. The normalized spacial score (nSPS) is 14.5. The molecule has 2 heteroatoms. The van der Waals surface area contributed by atoms with Gasteiger partial charge >= 0.3 is 0 Å². The third-order valence-corrected chi connectivity index (χ3v) is 5.42. The summed E-state index contributed by atoms with van der Waals surface area (Å²) in [4.78, 5) is 0. The SMILES string of the molecule is COc1ccc(C(c2ccc(O)cc2)c2cccc3c2CCCC3)cc1. The van der Waals surface area contributed by atoms with Crippen molar-refractivity contribution in [2.45, 2.75) is 31.6 Å². The summed E-state index contributed by atoms with van der Waals surface area (Å²) in [5.41, 5.74) is 6.83. The summed E-state index contributed by atoms with van der Waals surface area (Å²) in [5, 5.41) is 9.72. The number of ether oxygens (including phenoxy) is 1. The van der Waals surface area contributed by atoms with Gasteiger partial charge in [0.2, 0.25) is 0 Å². The number of aryl methyl sites for hydroxylation is 1. The number of fused-ring (bicyclic) bond motifs is 1. The van der Waals surface area contributed by atoms with Crippen LogP contribution in [-0.2, 0) is 12.8 Å². The molecule has 0 fully saturated rings. The van der Waals surface area contributed by atoms with Gasteiger partial charge in [0.15, 0.2) is 0 Å². The van der Waals surface area contributed by atoms with Gasteiger partial charge in [-0.05, 0) is 77.8 Å². The molecule has 2 nitrogen and oxygen atoms in total. The first kappa shape index (κ1) is 16.7. The average molecular weight is 344 g/mol. The largest absolute Gasteiger partial charge is 0.508 e. The number of phenolic OH excluding ortho intramolecular Hbond substituents is 1. The smallest absolute Gasteiger partial charge is 0.118 e. The lowest BCUT2D eigenvalue weighted by Gasteiger charge is -2.26. The molecule has 0 aliphatic heterocycles. The van der Waals surface area contributed by atoms with Crippen LogP contribution in [0.2, 0.25) is 0 Å². The summed E-state index contributed by atoms with van der Waals surface area (Å²) in [5.74, 6) is 1.33. The predicted octanol–water partition coefficient (Wildman–Crippen LogP) is 5.46. The highest BCUT2D eigenvalue weighted by Crippen LogP contribution is 2.38. The molecular weight excluding hydrogens is 320 g/mol. The Hall–Kier alpha value is -2.74. The van der Waals surface area contributed by atoms with Crippen molar-refractivity contribution < 1.29 is 9.84 Å². The van der Waals surface area contributed by atoms with Crippen LogP contribution >= 0.6 is 0 Å². The van der Waals surface area contributed by atoms with E-state index in [-0.39, 0.29) is 5.92 Å². The molecule has 132 valence electrons. The van der Waals surface area contributed by atoms with E-state index < -0.39 is 0 Å². The standard InChI is InChI=1S/C24H24O2/c1-26-21-15-11-19(12-16-21)24(18-9-13-20(25)14-10-18)23-8-4-6-17-5-2-3-7-22(17)23/h4,6,8-16,24-25H,2-3,5,7H2,1H3. The fourth-order valence-electron chi connectivity index (χ4n) is 4.10. The lowest BCUT2D eigenvalue weighted by atomic mass is 9.78. The zero-order valence-electron chi connectivity index (χ0n) is 15.1. The highest BCUT2D eigenvalue weighted by atomic mass is 16.5. The predicted molar refractivity (Wildman–Crippen MR) is 105 cm³/mol. The molecule has 0 aromatic heterocycles. The molecule has 1 atom stereocenters. The minimum absolute atomic E-state index is 0.162. The highest BCUT2D eigenvalue weighted by Gasteiger charge is 2.22. The molecule has 0 bridgehead atoms. The molecule has 0 radical (unpaired) electrons. The summed E-state index contributed by atoms with van der Waals surface area (Å²) in [6.07, 6.45) is 4.86. The second-order valence-corrected chi connectivity index (χ2v) is 6.99. The molecule has 0 amide bonds. The van der Waals surface area contributed by atoms with E-state index in [0.29, 0.717) is 5.75 Å². The Bertz CT molecular complexity index is 879. The van der Waals surface area contributed by atoms with E-state index >= 15 is 0 Å². The van der Waals surface area contributed by atoms with Gasteiger partial charge in [-0.15, -0.1) is 0 Å². The lowest BCUT2D eigenvalue weighted by Crippen LogP contribution is -2.11. The summed E-state index contributed by atoms with van der Waals surface area (Å²) in [6, 6.07) is 22.7. The van der Waals surface area contributed by atoms with Crippen LogP contribution in [0.15, 0.2) is 66.7 Å². The number of hydrogen-bond acceptors (Lipinski definition) is 2. The van der Waals surface area contributed by atoms with E-state index in [0.717, 1.165) is 12.2 Å². The Kier molecular flexibility index (Phi) is 4.66. The number of benzene rings is 3. The number of aromatic hydroxyl groups is 1. The Morgan fingerprint density at radius 3 is 2.15 bits per heavy atom. The zero-order valence-corrected chi connectivity index (χ0v) is 15.1. The minimum Gasteiger partial charge on any atom is -0.508 e. The van der Waals surface area contributed by atoms with E-state index in [1.807, 2.05) is 24.3 Å². The van der Waals surface area contributed by atoms with Crippen molar-refractivity contribution in [3.63, 3.8) is 0 Å². The third-order valence-electron chi connectivity index (χ3n) is 5.42. The maximum atomic E-state index is 9.72. The minimum atomic E-state index is 0.162. The maximum absolute atomic E-state index is 9.72. The van der Waals surface area contributed by atoms with Crippen LogP contribution in [-0.4, -0.2) is 12.2 Å². The number of methoxy groups -OCH3 is 1. The molecule has 1 aliphatic rings. The van der Waals surface area contributed by atoms with Crippen LogP contribution in [0.5, 0.6) is 11.5 Å². The zero-order chi connectivity index (χ0) is 17.9. The quantitative estimate of drug-likeness (QED) is 0.637. The lowest BCUT2D eigenvalue weighted by molar-refractivity contribution is 0.414. The first-order valence-corrected chi connectivity index (χ1v) is 9.30. The first-order chi connectivity index (χ1) is 12.8. The van der Waals surface area contributed by atoms with Crippen molar-refractivity contribution in [1.29, 1.82) is 0 Å². The van der Waals surface area contributed by atoms with Crippen LogP contribution in [0.4, 0.5) is 0 Å². The van der Waals surface area contributed by atoms with Crippen molar-refractivity contribution in [2.75, 3.05) is 7.11 Å². The van der Waals surface area contributed by atoms with Gasteiger partial charge in [0.05, 0.1) is 7.11 Å². The Labute approximate surface area is 155 Å². The molecule has 0 saturated carbocycles. The van der Waals surface area contributed by atoms with Gasteiger partial charge in [-0.25, -0.2) is 0 Å². The second kappa shape index (κ2) is 7.25. The molecule has 1 unspecified atom stereocenters. The summed E-state index contributed by atoms with van der Waals surface area (Å²) < 4.78 is 5.33. The van der Waals surface area contributed by atoms with Gasteiger partial charge in [0.25, 0.3) is 0 Å². The molecule has 1 aliphatic carbocycles. The van der Waals surface area contributed by atoms with Gasteiger partial charge in [-0.3, -0.25) is 0 Å². The molecular formula is C24H24O2. The van der Waals surface area contributed by atoms with Crippen molar-refractivity contribution in [3.8, 4) is 11.5 Å². The van der Waals surface area contributed by atoms with Gasteiger partial charge < -0.3 is 9.84 Å². The van der Waals surface area contributed by atoms with E-state index in [9.17, 15) is 5.11 Å². The Morgan fingerprint density at radius 1 is 0.808 bits per heavy atom. The van der Waals surface area contributed by atoms with E-state index in [2.05, 4.69) is 30.3 Å². The molecule has 26 heavy (non-hydrogen) atoms. The fourth-order valence-corrected chi connectivity index (χ4v) is 4.10.